The minimum Gasteiger partial charge on any atom is -0.384 e. The molecule has 0 bridgehead atoms. The van der Waals surface area contributed by atoms with Crippen LogP contribution in [-0.4, -0.2) is 18.5 Å². The van der Waals surface area contributed by atoms with Gasteiger partial charge in [-0.25, -0.2) is 0 Å². The first-order chi connectivity index (χ1) is 8.67. The molecule has 1 aliphatic rings. The van der Waals surface area contributed by atoms with Crippen LogP contribution in [0.25, 0.3) is 0 Å². The van der Waals surface area contributed by atoms with Crippen molar-refractivity contribution in [3.8, 4) is 6.07 Å². The molecule has 18 heavy (non-hydrogen) atoms. The second-order valence-corrected chi connectivity index (χ2v) is 5.27. The largest absolute Gasteiger partial charge is 0.384 e. The zero-order valence-corrected chi connectivity index (χ0v) is 11.5. The normalized spacial score (nSPS) is 13.8. The Kier molecular flexibility index (Phi) is 4.21. The number of nitriles is 1. The van der Waals surface area contributed by atoms with Crippen molar-refractivity contribution >= 4 is 27.5 Å². The molecular weight excluding hydrogens is 294 g/mol. The van der Waals surface area contributed by atoms with E-state index in [1.54, 1.807) is 12.1 Å². The standard InChI is InChI=1S/C13H14BrN3O/c14-10-5-9(8-15)6-12(7-10)16-4-3-13(18)17-11-1-2-11/h5-7,11,16H,1-4H2,(H,17,18). The van der Waals surface area contributed by atoms with Crippen molar-refractivity contribution < 1.29 is 4.79 Å². The fourth-order valence-electron chi connectivity index (χ4n) is 1.60. The first-order valence-electron chi connectivity index (χ1n) is 5.91. The van der Waals surface area contributed by atoms with E-state index in [9.17, 15) is 4.79 Å². The summed E-state index contributed by atoms with van der Waals surface area (Å²) in [6.07, 6.45) is 2.66. The lowest BCUT2D eigenvalue weighted by Gasteiger charge is -2.07. The van der Waals surface area contributed by atoms with Gasteiger partial charge in [0.05, 0.1) is 11.6 Å². The van der Waals surface area contributed by atoms with E-state index in [2.05, 4.69) is 32.6 Å². The van der Waals surface area contributed by atoms with Crippen LogP contribution in [0.2, 0.25) is 0 Å². The number of carbonyl (C=O) groups is 1. The van der Waals surface area contributed by atoms with Crippen LogP contribution in [-0.2, 0) is 4.79 Å². The Balaban J connectivity index is 1.80. The van der Waals surface area contributed by atoms with E-state index in [1.165, 1.54) is 0 Å². The average molecular weight is 308 g/mol. The summed E-state index contributed by atoms with van der Waals surface area (Å²) in [6.45, 7) is 0.569. The summed E-state index contributed by atoms with van der Waals surface area (Å²) >= 11 is 3.35. The number of halogens is 1. The summed E-state index contributed by atoms with van der Waals surface area (Å²) in [5.41, 5.74) is 1.44. The van der Waals surface area contributed by atoms with Gasteiger partial charge in [0.1, 0.15) is 0 Å². The Morgan fingerprint density at radius 1 is 1.44 bits per heavy atom. The maximum Gasteiger partial charge on any atom is 0.221 e. The monoisotopic (exact) mass is 307 g/mol. The second-order valence-electron chi connectivity index (χ2n) is 4.36. The smallest absolute Gasteiger partial charge is 0.221 e. The van der Waals surface area contributed by atoms with Crippen LogP contribution < -0.4 is 10.6 Å². The van der Waals surface area contributed by atoms with Crippen molar-refractivity contribution in [3.63, 3.8) is 0 Å². The van der Waals surface area contributed by atoms with Gasteiger partial charge in [0.2, 0.25) is 5.91 Å². The Hall–Kier alpha value is -1.54. The Labute approximate surface area is 115 Å². The molecule has 0 aliphatic heterocycles. The van der Waals surface area contributed by atoms with E-state index in [4.69, 9.17) is 5.26 Å². The van der Waals surface area contributed by atoms with Gasteiger partial charge in [-0.3, -0.25) is 4.79 Å². The summed E-state index contributed by atoms with van der Waals surface area (Å²) in [4.78, 5) is 11.5. The molecule has 2 N–H and O–H groups in total. The fraction of sp³-hybridized carbons (Fsp3) is 0.385. The lowest BCUT2D eigenvalue weighted by atomic mass is 10.2. The van der Waals surface area contributed by atoms with Crippen molar-refractivity contribution in [2.75, 3.05) is 11.9 Å². The molecule has 1 aliphatic carbocycles. The van der Waals surface area contributed by atoms with Gasteiger partial charge >= 0.3 is 0 Å². The molecule has 2 rings (SSSR count). The zero-order valence-electron chi connectivity index (χ0n) is 9.87. The Bertz CT molecular complexity index is 491. The van der Waals surface area contributed by atoms with E-state index in [0.29, 0.717) is 24.6 Å². The maximum absolute atomic E-state index is 11.5. The third-order valence-electron chi connectivity index (χ3n) is 2.65. The number of hydrogen-bond donors (Lipinski definition) is 2. The number of amides is 1. The van der Waals surface area contributed by atoms with Crippen molar-refractivity contribution in [1.82, 2.24) is 5.32 Å². The summed E-state index contributed by atoms with van der Waals surface area (Å²) in [7, 11) is 0. The lowest BCUT2D eigenvalue weighted by molar-refractivity contribution is -0.120. The van der Waals surface area contributed by atoms with Crippen molar-refractivity contribution in [1.29, 1.82) is 5.26 Å². The van der Waals surface area contributed by atoms with Crippen LogP contribution in [0.4, 0.5) is 5.69 Å². The van der Waals surface area contributed by atoms with Crippen LogP contribution in [0.5, 0.6) is 0 Å². The molecule has 1 aromatic carbocycles. The molecule has 1 saturated carbocycles. The molecule has 0 unspecified atom stereocenters. The van der Waals surface area contributed by atoms with E-state index in [1.807, 2.05) is 6.07 Å². The molecule has 0 radical (unpaired) electrons. The van der Waals surface area contributed by atoms with Gasteiger partial charge in [0.15, 0.2) is 0 Å². The molecule has 0 atom stereocenters. The summed E-state index contributed by atoms with van der Waals surface area (Å²) in [5.74, 6) is 0.0838. The van der Waals surface area contributed by atoms with Gasteiger partial charge < -0.3 is 10.6 Å². The zero-order chi connectivity index (χ0) is 13.0. The summed E-state index contributed by atoms with van der Waals surface area (Å²) in [6, 6.07) is 7.91. The first-order valence-corrected chi connectivity index (χ1v) is 6.70. The topological polar surface area (TPSA) is 64.9 Å². The lowest BCUT2D eigenvalue weighted by Crippen LogP contribution is -2.27. The Morgan fingerprint density at radius 2 is 2.22 bits per heavy atom. The number of nitrogens with zero attached hydrogens (tertiary/aromatic N) is 1. The van der Waals surface area contributed by atoms with Crippen molar-refractivity contribution in [3.05, 3.63) is 28.2 Å². The maximum atomic E-state index is 11.5. The number of benzene rings is 1. The number of nitrogens with one attached hydrogen (secondary N) is 2. The number of hydrogen-bond acceptors (Lipinski definition) is 3. The van der Waals surface area contributed by atoms with Crippen molar-refractivity contribution in [2.45, 2.75) is 25.3 Å². The Morgan fingerprint density at radius 3 is 2.89 bits per heavy atom. The number of rotatable bonds is 5. The fourth-order valence-corrected chi connectivity index (χ4v) is 2.10. The molecule has 5 heteroatoms. The predicted molar refractivity (Wildman–Crippen MR) is 73.1 cm³/mol. The van der Waals surface area contributed by atoms with E-state index in [0.717, 1.165) is 23.0 Å². The summed E-state index contributed by atoms with van der Waals surface area (Å²) < 4.78 is 0.853. The quantitative estimate of drug-likeness (QED) is 0.878. The summed E-state index contributed by atoms with van der Waals surface area (Å²) in [5, 5.41) is 14.9. The molecule has 0 spiro atoms. The van der Waals surface area contributed by atoms with Crippen molar-refractivity contribution in [2.24, 2.45) is 0 Å². The van der Waals surface area contributed by atoms with Crippen LogP contribution in [0.1, 0.15) is 24.8 Å². The second kappa shape index (κ2) is 5.87. The van der Waals surface area contributed by atoms with Gasteiger partial charge in [0.25, 0.3) is 0 Å². The van der Waals surface area contributed by atoms with Gasteiger partial charge in [-0.2, -0.15) is 5.26 Å². The molecular formula is C13H14BrN3O. The highest BCUT2D eigenvalue weighted by Crippen LogP contribution is 2.20. The third kappa shape index (κ3) is 4.04. The van der Waals surface area contributed by atoms with Crippen LogP contribution in [0, 0.1) is 11.3 Å². The first kappa shape index (κ1) is 12.9. The van der Waals surface area contributed by atoms with Crippen LogP contribution in [0.3, 0.4) is 0 Å². The molecule has 0 heterocycles. The predicted octanol–water partition coefficient (Wildman–Crippen LogP) is 2.40. The van der Waals surface area contributed by atoms with E-state index < -0.39 is 0 Å². The number of carbonyl (C=O) groups excluding carboxylic acids is 1. The molecule has 1 amide bonds. The minimum absolute atomic E-state index is 0.0838. The molecule has 1 fully saturated rings. The number of anilines is 1. The van der Waals surface area contributed by atoms with E-state index >= 15 is 0 Å². The van der Waals surface area contributed by atoms with E-state index in [-0.39, 0.29) is 5.91 Å². The van der Waals surface area contributed by atoms with Gasteiger partial charge in [-0.05, 0) is 31.0 Å². The molecule has 4 nitrogen and oxygen atoms in total. The highest BCUT2D eigenvalue weighted by atomic mass is 79.9. The molecule has 94 valence electrons. The molecule has 0 saturated heterocycles. The van der Waals surface area contributed by atoms with Gasteiger partial charge in [-0.15, -0.1) is 0 Å². The highest BCUT2D eigenvalue weighted by Gasteiger charge is 2.22. The highest BCUT2D eigenvalue weighted by molar-refractivity contribution is 9.10. The molecule has 0 aromatic heterocycles. The van der Waals surface area contributed by atoms with Crippen LogP contribution in [0.15, 0.2) is 22.7 Å². The minimum atomic E-state index is 0.0838. The third-order valence-corrected chi connectivity index (χ3v) is 3.11. The average Bonchev–Trinajstić information content (AvgIpc) is 3.12. The van der Waals surface area contributed by atoms with Gasteiger partial charge in [0, 0.05) is 29.2 Å². The van der Waals surface area contributed by atoms with Crippen LogP contribution >= 0.6 is 15.9 Å². The van der Waals surface area contributed by atoms with Gasteiger partial charge in [-0.1, -0.05) is 15.9 Å². The molecule has 1 aromatic rings. The SMILES string of the molecule is N#Cc1cc(Br)cc(NCCC(=O)NC2CC2)c1.